The molecule has 4 rings (SSSR count). The van der Waals surface area contributed by atoms with E-state index < -0.39 is 10.8 Å². The minimum Gasteiger partial charge on any atom is -0.321 e. The van der Waals surface area contributed by atoms with Gasteiger partial charge in [-0.3, -0.25) is 19.7 Å². The lowest BCUT2D eigenvalue weighted by Gasteiger charge is -2.14. The highest BCUT2D eigenvalue weighted by atomic mass is 16.6. The smallest absolute Gasteiger partial charge is 0.270 e. The van der Waals surface area contributed by atoms with Crippen molar-refractivity contribution in [3.05, 3.63) is 75.8 Å². The Balaban J connectivity index is 1.75. The maximum absolute atomic E-state index is 12.6. The number of hydrogen-bond donors (Lipinski definition) is 1. The minimum atomic E-state index is -0.541. The molecule has 1 heterocycles. The molecule has 1 N–H and O–H groups in total. The lowest BCUT2D eigenvalue weighted by atomic mass is 10.0. The highest BCUT2D eigenvalue weighted by Gasteiger charge is 2.29. The third-order valence-electron chi connectivity index (χ3n) is 4.67. The predicted octanol–water partition coefficient (Wildman–Crippen LogP) is 3.98. The van der Waals surface area contributed by atoms with Crippen molar-refractivity contribution in [2.75, 3.05) is 16.8 Å². The number of carbonyl (C=O) groups is 2. The molecule has 0 bridgehead atoms. The summed E-state index contributed by atoms with van der Waals surface area (Å²) in [5, 5.41) is 15.3. The highest BCUT2D eigenvalue weighted by molar-refractivity contribution is 6.27. The zero-order valence-corrected chi connectivity index (χ0v) is 14.4. The number of carbonyl (C=O) groups excluding carboxylic acids is 2. The van der Waals surface area contributed by atoms with E-state index in [9.17, 15) is 19.7 Å². The summed E-state index contributed by atoms with van der Waals surface area (Å²) in [5.41, 5.74) is 2.03. The van der Waals surface area contributed by atoms with Gasteiger partial charge in [0.2, 0.25) is 0 Å². The van der Waals surface area contributed by atoms with E-state index in [0.29, 0.717) is 17.8 Å². The number of nitro benzene ring substituents is 1. The fourth-order valence-electron chi connectivity index (χ4n) is 3.42. The van der Waals surface area contributed by atoms with Crippen molar-refractivity contribution >= 4 is 39.6 Å². The molecule has 0 atom stereocenters. The van der Waals surface area contributed by atoms with Gasteiger partial charge in [0.25, 0.3) is 17.5 Å². The molecule has 1 aliphatic rings. The molecule has 1 aliphatic heterocycles. The number of nitrogens with one attached hydrogen (secondary N) is 1. The third-order valence-corrected chi connectivity index (χ3v) is 4.67. The van der Waals surface area contributed by atoms with E-state index in [4.69, 9.17) is 0 Å². The van der Waals surface area contributed by atoms with Crippen LogP contribution < -0.4 is 10.2 Å². The summed E-state index contributed by atoms with van der Waals surface area (Å²) in [6, 6.07) is 14.5. The van der Waals surface area contributed by atoms with E-state index in [0.717, 1.165) is 16.5 Å². The maximum atomic E-state index is 12.6. The van der Waals surface area contributed by atoms with E-state index >= 15 is 0 Å². The summed E-state index contributed by atoms with van der Waals surface area (Å²) in [6.45, 7) is 2.47. The Bertz CT molecular complexity index is 1120. The number of nitro groups is 1. The molecule has 0 aliphatic carbocycles. The van der Waals surface area contributed by atoms with Gasteiger partial charge in [0.15, 0.2) is 0 Å². The second kappa shape index (κ2) is 6.21. The molecule has 0 spiro atoms. The van der Waals surface area contributed by atoms with Gasteiger partial charge in [-0.05, 0) is 31.2 Å². The van der Waals surface area contributed by atoms with Gasteiger partial charge in [0.1, 0.15) is 0 Å². The van der Waals surface area contributed by atoms with Gasteiger partial charge in [0.05, 0.1) is 10.6 Å². The Morgan fingerprint density at radius 3 is 2.67 bits per heavy atom. The van der Waals surface area contributed by atoms with Gasteiger partial charge >= 0.3 is 0 Å². The maximum Gasteiger partial charge on any atom is 0.270 e. The van der Waals surface area contributed by atoms with Crippen molar-refractivity contribution in [1.82, 2.24) is 0 Å². The predicted molar refractivity (Wildman–Crippen MR) is 102 cm³/mol. The average Bonchev–Trinajstić information content (AvgIpc) is 2.96. The monoisotopic (exact) mass is 361 g/mol. The second-order valence-corrected chi connectivity index (χ2v) is 6.17. The van der Waals surface area contributed by atoms with Crippen LogP contribution in [-0.4, -0.2) is 23.3 Å². The molecule has 27 heavy (non-hydrogen) atoms. The van der Waals surface area contributed by atoms with Crippen LogP contribution in [0.25, 0.3) is 10.8 Å². The SMILES string of the molecule is CCN1C(=O)c2ccc(NC(=O)c3cccc([N+](=O)[O-])c3)c3cccc1c23. The highest BCUT2D eigenvalue weighted by Crippen LogP contribution is 2.40. The van der Waals surface area contributed by atoms with E-state index in [-0.39, 0.29) is 17.2 Å². The van der Waals surface area contributed by atoms with Crippen LogP contribution >= 0.6 is 0 Å². The molecular formula is C20H15N3O4. The topological polar surface area (TPSA) is 92.6 Å². The lowest BCUT2D eigenvalue weighted by Crippen LogP contribution is -2.25. The van der Waals surface area contributed by atoms with Crippen LogP contribution in [0.1, 0.15) is 27.6 Å². The summed E-state index contributed by atoms with van der Waals surface area (Å²) in [5.74, 6) is -0.503. The Hall–Kier alpha value is -3.74. The molecule has 3 aromatic carbocycles. The van der Waals surface area contributed by atoms with Crippen molar-refractivity contribution in [2.24, 2.45) is 0 Å². The first kappa shape index (κ1) is 16.7. The van der Waals surface area contributed by atoms with E-state index in [2.05, 4.69) is 5.32 Å². The molecular weight excluding hydrogens is 346 g/mol. The standard InChI is InChI=1S/C20H15N3O4/c1-2-22-17-8-4-7-14-16(10-9-15(18(14)17)20(22)25)21-19(24)12-5-3-6-13(11-12)23(26)27/h3-11H,2H2,1H3,(H,21,24). The van der Waals surface area contributed by atoms with Crippen molar-refractivity contribution in [3.8, 4) is 0 Å². The Morgan fingerprint density at radius 1 is 1.15 bits per heavy atom. The van der Waals surface area contributed by atoms with Gasteiger partial charge in [0, 0.05) is 46.3 Å². The largest absolute Gasteiger partial charge is 0.321 e. The molecule has 134 valence electrons. The van der Waals surface area contributed by atoms with Gasteiger partial charge in [-0.25, -0.2) is 0 Å². The summed E-state index contributed by atoms with van der Waals surface area (Å²) >= 11 is 0. The van der Waals surface area contributed by atoms with Crippen LogP contribution in [0.15, 0.2) is 54.6 Å². The number of rotatable bonds is 4. The van der Waals surface area contributed by atoms with Crippen LogP contribution in [0.4, 0.5) is 17.1 Å². The van der Waals surface area contributed by atoms with Crippen LogP contribution in [-0.2, 0) is 0 Å². The van der Waals surface area contributed by atoms with E-state index in [1.807, 2.05) is 25.1 Å². The van der Waals surface area contributed by atoms with Crippen molar-refractivity contribution in [3.63, 3.8) is 0 Å². The molecule has 0 fully saturated rings. The van der Waals surface area contributed by atoms with Crippen LogP contribution in [0.2, 0.25) is 0 Å². The zero-order valence-electron chi connectivity index (χ0n) is 14.4. The Labute approximate surface area is 154 Å². The number of hydrogen-bond acceptors (Lipinski definition) is 4. The molecule has 0 unspecified atom stereocenters. The van der Waals surface area contributed by atoms with Crippen LogP contribution in [0.5, 0.6) is 0 Å². The number of benzene rings is 3. The summed E-state index contributed by atoms with van der Waals surface area (Å²) in [4.78, 5) is 37.2. The molecule has 3 aromatic rings. The minimum absolute atomic E-state index is 0.0553. The summed E-state index contributed by atoms with van der Waals surface area (Å²) in [7, 11) is 0. The number of nitrogens with zero attached hydrogens (tertiary/aromatic N) is 2. The Morgan fingerprint density at radius 2 is 1.93 bits per heavy atom. The first-order valence-corrected chi connectivity index (χ1v) is 8.44. The number of anilines is 2. The molecule has 7 heteroatoms. The van der Waals surface area contributed by atoms with Gasteiger partial charge in [-0.2, -0.15) is 0 Å². The zero-order chi connectivity index (χ0) is 19.1. The van der Waals surface area contributed by atoms with Crippen molar-refractivity contribution in [1.29, 1.82) is 0 Å². The molecule has 7 nitrogen and oxygen atoms in total. The number of amides is 2. The summed E-state index contributed by atoms with van der Waals surface area (Å²) < 4.78 is 0. The van der Waals surface area contributed by atoms with E-state index in [1.165, 1.54) is 24.3 Å². The molecule has 0 aromatic heterocycles. The fraction of sp³-hybridized carbons (Fsp3) is 0.100. The Kier molecular flexibility index (Phi) is 3.84. The van der Waals surface area contributed by atoms with Gasteiger partial charge in [-0.1, -0.05) is 18.2 Å². The third kappa shape index (κ3) is 2.60. The fourth-order valence-corrected chi connectivity index (χ4v) is 3.42. The molecule has 0 saturated carbocycles. The quantitative estimate of drug-likeness (QED) is 0.562. The summed E-state index contributed by atoms with van der Waals surface area (Å²) in [6.07, 6.45) is 0. The first-order chi connectivity index (χ1) is 13.0. The normalized spacial score (nSPS) is 12.5. The van der Waals surface area contributed by atoms with E-state index in [1.54, 1.807) is 17.0 Å². The lowest BCUT2D eigenvalue weighted by molar-refractivity contribution is -0.384. The molecule has 0 saturated heterocycles. The second-order valence-electron chi connectivity index (χ2n) is 6.17. The van der Waals surface area contributed by atoms with Crippen molar-refractivity contribution in [2.45, 2.75) is 6.92 Å². The average molecular weight is 361 g/mol. The number of non-ortho nitro benzene ring substituents is 1. The van der Waals surface area contributed by atoms with Gasteiger partial charge < -0.3 is 10.2 Å². The first-order valence-electron chi connectivity index (χ1n) is 8.44. The molecule has 0 radical (unpaired) electrons. The van der Waals surface area contributed by atoms with Gasteiger partial charge in [-0.15, -0.1) is 0 Å². The molecule has 2 amide bonds. The van der Waals surface area contributed by atoms with Crippen LogP contribution in [0, 0.1) is 10.1 Å². The van der Waals surface area contributed by atoms with Crippen molar-refractivity contribution < 1.29 is 14.5 Å². The van der Waals surface area contributed by atoms with Crippen LogP contribution in [0.3, 0.4) is 0 Å².